The molecule has 0 heterocycles. The monoisotopic (exact) mass is 212 g/mol. The highest BCUT2D eigenvalue weighted by atomic mass is 32.7. The van der Waals surface area contributed by atoms with Gasteiger partial charge in [0.05, 0.1) is 5.25 Å². The fourth-order valence-electron chi connectivity index (χ4n) is 0.686. The Morgan fingerprint density at radius 2 is 2.00 bits per heavy atom. The first kappa shape index (κ1) is 12.0. The molecule has 0 aliphatic carbocycles. The van der Waals surface area contributed by atoms with E-state index in [-0.39, 0.29) is 11.8 Å². The lowest BCUT2D eigenvalue weighted by atomic mass is 10.1. The van der Waals surface area contributed by atoms with Crippen molar-refractivity contribution in [2.45, 2.75) is 19.1 Å². The number of rotatable bonds is 4. The SMILES string of the molecule is CC(C)C(SP(=O)(O)O)C(=N)N. The van der Waals surface area contributed by atoms with Gasteiger partial charge in [0.1, 0.15) is 5.84 Å². The third-order valence-electron chi connectivity index (χ3n) is 1.16. The van der Waals surface area contributed by atoms with Crippen molar-refractivity contribution in [3.63, 3.8) is 0 Å². The van der Waals surface area contributed by atoms with E-state index in [9.17, 15) is 4.57 Å². The van der Waals surface area contributed by atoms with Crippen LogP contribution in [-0.2, 0) is 4.57 Å². The van der Waals surface area contributed by atoms with Crippen LogP contribution in [0.1, 0.15) is 13.8 Å². The highest BCUT2D eigenvalue weighted by Gasteiger charge is 2.27. The van der Waals surface area contributed by atoms with Gasteiger partial charge in [-0.25, -0.2) is 4.57 Å². The molecule has 5 nitrogen and oxygen atoms in total. The Hall–Kier alpha value is -0.0300. The van der Waals surface area contributed by atoms with Gasteiger partial charge in [-0.3, -0.25) is 5.41 Å². The minimum atomic E-state index is -4.13. The zero-order valence-electron chi connectivity index (χ0n) is 6.89. The van der Waals surface area contributed by atoms with Crippen molar-refractivity contribution >= 4 is 24.0 Å². The van der Waals surface area contributed by atoms with Gasteiger partial charge in [-0.15, -0.1) is 0 Å². The molecule has 72 valence electrons. The zero-order valence-corrected chi connectivity index (χ0v) is 8.60. The fourth-order valence-corrected chi connectivity index (χ4v) is 3.30. The van der Waals surface area contributed by atoms with Crippen molar-refractivity contribution in [3.05, 3.63) is 0 Å². The van der Waals surface area contributed by atoms with Gasteiger partial charge in [-0.05, 0) is 17.3 Å². The quantitative estimate of drug-likeness (QED) is 0.313. The van der Waals surface area contributed by atoms with Gasteiger partial charge in [0, 0.05) is 0 Å². The molecule has 0 aliphatic rings. The second-order valence-electron chi connectivity index (χ2n) is 2.72. The molecule has 1 unspecified atom stereocenters. The van der Waals surface area contributed by atoms with E-state index in [0.29, 0.717) is 11.4 Å². The minimum Gasteiger partial charge on any atom is -0.387 e. The van der Waals surface area contributed by atoms with Crippen LogP contribution >= 0.6 is 18.2 Å². The maximum absolute atomic E-state index is 10.6. The van der Waals surface area contributed by atoms with Crippen LogP contribution in [0.4, 0.5) is 0 Å². The molecule has 1 atom stereocenters. The molecule has 0 spiro atoms. The van der Waals surface area contributed by atoms with Gasteiger partial charge in [-0.2, -0.15) is 0 Å². The molecule has 0 aliphatic heterocycles. The standard InChI is InChI=1S/C5H13N2O3PS/c1-3(2)4(5(6)7)12-11(8,9)10/h3-4H,1-2H3,(H3,6,7)(H2,8,9,10). The Kier molecular flexibility index (Phi) is 4.26. The summed E-state index contributed by atoms with van der Waals surface area (Å²) in [5.41, 5.74) is 5.16. The molecule has 12 heavy (non-hydrogen) atoms. The third-order valence-corrected chi connectivity index (χ3v) is 3.97. The summed E-state index contributed by atoms with van der Waals surface area (Å²) >= 11 is 0.435. The average Bonchev–Trinajstić information content (AvgIpc) is 1.79. The van der Waals surface area contributed by atoms with Crippen LogP contribution in [0, 0.1) is 11.3 Å². The molecule has 0 rings (SSSR count). The topological polar surface area (TPSA) is 107 Å². The highest BCUT2D eigenvalue weighted by Crippen LogP contribution is 2.53. The first-order chi connectivity index (χ1) is 5.24. The molecule has 0 saturated carbocycles. The number of hydrogen-bond acceptors (Lipinski definition) is 3. The first-order valence-corrected chi connectivity index (χ1v) is 6.41. The Morgan fingerprint density at radius 1 is 1.58 bits per heavy atom. The molecule has 5 N–H and O–H groups in total. The van der Waals surface area contributed by atoms with Crippen LogP contribution in [0.15, 0.2) is 0 Å². The van der Waals surface area contributed by atoms with Gasteiger partial charge in [0.15, 0.2) is 0 Å². The van der Waals surface area contributed by atoms with E-state index in [2.05, 4.69) is 0 Å². The predicted octanol–water partition coefficient (Wildman–Crippen LogP) is 0.773. The molecular weight excluding hydrogens is 199 g/mol. The normalized spacial score (nSPS) is 14.8. The maximum atomic E-state index is 10.6. The molecular formula is C5H13N2O3PS. The van der Waals surface area contributed by atoms with E-state index >= 15 is 0 Å². The summed E-state index contributed by atoms with van der Waals surface area (Å²) in [4.78, 5) is 17.2. The van der Waals surface area contributed by atoms with Gasteiger partial charge in [0.2, 0.25) is 0 Å². The highest BCUT2D eigenvalue weighted by molar-refractivity contribution is 8.55. The lowest BCUT2D eigenvalue weighted by Gasteiger charge is -2.18. The minimum absolute atomic E-state index is 0.0554. The summed E-state index contributed by atoms with van der Waals surface area (Å²) in [5.74, 6) is -0.251. The Bertz CT molecular complexity index is 215. The molecule has 0 bridgehead atoms. The predicted molar refractivity (Wildman–Crippen MR) is 50.2 cm³/mol. The Balaban J connectivity index is 4.35. The summed E-state index contributed by atoms with van der Waals surface area (Å²) in [5, 5.41) is 6.47. The van der Waals surface area contributed by atoms with Crippen molar-refractivity contribution in [2.24, 2.45) is 11.7 Å². The summed E-state index contributed by atoms with van der Waals surface area (Å²) in [6.07, 6.45) is 0. The summed E-state index contributed by atoms with van der Waals surface area (Å²) < 4.78 is 10.6. The molecule has 0 radical (unpaired) electrons. The van der Waals surface area contributed by atoms with Gasteiger partial charge in [-0.1, -0.05) is 13.8 Å². The number of nitrogens with two attached hydrogens (primary N) is 1. The Morgan fingerprint density at radius 3 is 2.08 bits per heavy atom. The van der Waals surface area contributed by atoms with Crippen LogP contribution in [0.3, 0.4) is 0 Å². The molecule has 0 aromatic rings. The first-order valence-electron chi connectivity index (χ1n) is 3.32. The van der Waals surface area contributed by atoms with Crippen molar-refractivity contribution in [3.8, 4) is 0 Å². The lowest BCUT2D eigenvalue weighted by Crippen LogP contribution is -2.29. The number of hydrogen-bond donors (Lipinski definition) is 4. The van der Waals surface area contributed by atoms with E-state index in [1.165, 1.54) is 0 Å². The van der Waals surface area contributed by atoms with Crippen molar-refractivity contribution < 1.29 is 14.4 Å². The van der Waals surface area contributed by atoms with E-state index in [1.807, 2.05) is 0 Å². The van der Waals surface area contributed by atoms with Gasteiger partial charge < -0.3 is 15.5 Å². The van der Waals surface area contributed by atoms with Crippen LogP contribution in [0.5, 0.6) is 0 Å². The van der Waals surface area contributed by atoms with Crippen LogP contribution < -0.4 is 5.73 Å². The van der Waals surface area contributed by atoms with Crippen molar-refractivity contribution in [1.29, 1.82) is 5.41 Å². The summed E-state index contributed by atoms with van der Waals surface area (Å²) in [6, 6.07) is 0. The molecule has 0 fully saturated rings. The van der Waals surface area contributed by atoms with E-state index in [4.69, 9.17) is 20.9 Å². The second kappa shape index (κ2) is 4.28. The molecule has 0 amide bonds. The average molecular weight is 212 g/mol. The van der Waals surface area contributed by atoms with Gasteiger partial charge in [0.25, 0.3) is 0 Å². The maximum Gasteiger partial charge on any atom is 0.384 e. The van der Waals surface area contributed by atoms with Gasteiger partial charge >= 0.3 is 6.80 Å². The Labute approximate surface area is 75.1 Å². The van der Waals surface area contributed by atoms with Crippen LogP contribution in [0.25, 0.3) is 0 Å². The molecule has 0 saturated heterocycles. The van der Waals surface area contributed by atoms with Crippen LogP contribution in [-0.4, -0.2) is 20.9 Å². The zero-order chi connectivity index (χ0) is 9.94. The molecule has 0 aromatic carbocycles. The molecule has 7 heteroatoms. The number of amidine groups is 1. The van der Waals surface area contributed by atoms with Crippen molar-refractivity contribution in [2.75, 3.05) is 0 Å². The van der Waals surface area contributed by atoms with E-state index < -0.39 is 12.0 Å². The number of nitrogens with one attached hydrogen (secondary N) is 1. The van der Waals surface area contributed by atoms with Crippen molar-refractivity contribution in [1.82, 2.24) is 0 Å². The molecule has 0 aromatic heterocycles. The summed E-state index contributed by atoms with van der Waals surface area (Å²) in [7, 11) is 0. The van der Waals surface area contributed by atoms with E-state index in [0.717, 1.165) is 0 Å². The second-order valence-corrected chi connectivity index (χ2v) is 6.48. The fraction of sp³-hybridized carbons (Fsp3) is 0.800. The van der Waals surface area contributed by atoms with Crippen LogP contribution in [0.2, 0.25) is 0 Å². The summed E-state index contributed by atoms with van der Waals surface area (Å²) in [6.45, 7) is -0.616. The largest absolute Gasteiger partial charge is 0.387 e. The third kappa shape index (κ3) is 4.77. The smallest absolute Gasteiger partial charge is 0.384 e. The van der Waals surface area contributed by atoms with E-state index in [1.54, 1.807) is 13.8 Å². The lowest BCUT2D eigenvalue weighted by molar-refractivity contribution is 0.396.